The maximum atomic E-state index is 8.24. The van der Waals surface area contributed by atoms with Crippen molar-refractivity contribution in [2.45, 2.75) is 0 Å². The zero-order chi connectivity index (χ0) is 10.8. The number of nitrogens with zero attached hydrogens (tertiary/aromatic N) is 4. The molecule has 0 saturated heterocycles. The molecule has 0 aromatic rings. The van der Waals surface area contributed by atoms with E-state index in [-0.39, 0.29) is 51.9 Å². The molecule has 0 aliphatic heterocycles. The van der Waals surface area contributed by atoms with Gasteiger partial charge in [-0.15, -0.1) is 0 Å². The molecule has 0 spiro atoms. The monoisotopic (exact) mass is 391 g/mol. The second-order valence-electron chi connectivity index (χ2n) is 0.391. The van der Waals surface area contributed by atoms with E-state index in [2.05, 4.69) is 0 Å². The van der Waals surface area contributed by atoms with Crippen molar-refractivity contribution in [2.75, 3.05) is 0 Å². The summed E-state index contributed by atoms with van der Waals surface area (Å²) in [5.41, 5.74) is 0. The van der Waals surface area contributed by atoms with E-state index in [1.54, 1.807) is 0 Å². The van der Waals surface area contributed by atoms with E-state index in [4.69, 9.17) is 41.5 Å². The van der Waals surface area contributed by atoms with E-state index in [1.807, 2.05) is 0 Å². The van der Waals surface area contributed by atoms with E-state index < -0.39 is 0 Å². The Kier molecular flexibility index (Phi) is 461. The molecule has 0 heterocycles. The summed E-state index contributed by atoms with van der Waals surface area (Å²) in [6.07, 6.45) is 2.75. The van der Waals surface area contributed by atoms with Gasteiger partial charge >= 0.3 is 29.6 Å². The second kappa shape index (κ2) is 168. The predicted molar refractivity (Wildman–Crippen MR) is 28.3 cm³/mol. The van der Waals surface area contributed by atoms with Gasteiger partial charge in [-0.1, -0.05) is 0 Å². The van der Waals surface area contributed by atoms with Crippen LogP contribution >= 0.6 is 0 Å². The molecular formula is C4H3AuN4NaO4. The summed E-state index contributed by atoms with van der Waals surface area (Å²) >= 11 is 0. The van der Waals surface area contributed by atoms with E-state index in [0.29, 0.717) is 6.26 Å². The van der Waals surface area contributed by atoms with Gasteiger partial charge in [-0.25, -0.2) is 5.26 Å². The molecule has 0 aromatic carbocycles. The van der Waals surface area contributed by atoms with Crippen LogP contribution in [-0.4, -0.2) is 15.3 Å². The van der Waals surface area contributed by atoms with Crippen LogP contribution in [0.25, 0.3) is 0 Å². The summed E-state index contributed by atoms with van der Waals surface area (Å²) < 4.78 is 0. The van der Waals surface area contributed by atoms with Crippen molar-refractivity contribution >= 4 is 0 Å². The van der Waals surface area contributed by atoms with Gasteiger partial charge in [-0.3, -0.25) is 0 Å². The second-order valence-corrected chi connectivity index (χ2v) is 0.391. The summed E-state index contributed by atoms with van der Waals surface area (Å²) in [5.74, 6) is 0. The first-order valence-electron chi connectivity index (χ1n) is 1.77. The van der Waals surface area contributed by atoms with Crippen molar-refractivity contribution in [3.05, 3.63) is 0 Å². The normalized spacial score (nSPS) is 2.00. The predicted octanol–water partition coefficient (Wildman–Crippen LogP) is -4.65. The van der Waals surface area contributed by atoms with Gasteiger partial charge in [0.25, 0.3) is 18.8 Å². The fourth-order valence-electron chi connectivity index (χ4n) is 0. The fraction of sp³-hybridized carbons (Fsp3) is 0. The van der Waals surface area contributed by atoms with Crippen molar-refractivity contribution in [1.82, 2.24) is 0 Å². The van der Waals surface area contributed by atoms with E-state index in [1.165, 1.54) is 0 Å². The largest absolute Gasteiger partial charge is 1.00 e. The van der Waals surface area contributed by atoms with Crippen LogP contribution in [-0.2, 0) is 22.4 Å². The van der Waals surface area contributed by atoms with Crippen molar-refractivity contribution in [3.8, 4) is 25.0 Å². The average Bonchev–Trinajstić information content (AvgIpc) is 1.92. The molecule has 0 aliphatic carbocycles. The number of hydrogen-bond acceptors (Lipinski definition) is 8. The summed E-state index contributed by atoms with van der Waals surface area (Å²) in [6, 6.07) is 0. The van der Waals surface area contributed by atoms with Gasteiger partial charge in [0.05, 0.1) is 0 Å². The van der Waals surface area contributed by atoms with Gasteiger partial charge in [0.1, 0.15) is 0 Å². The quantitative estimate of drug-likeness (QED) is 0.272. The topological polar surface area (TPSA) is 179 Å². The fourth-order valence-corrected chi connectivity index (χ4v) is 0. The molecule has 0 amide bonds. The van der Waals surface area contributed by atoms with Gasteiger partial charge in [-0.2, -0.15) is 15.8 Å². The first-order chi connectivity index (χ1) is 5.66. The van der Waals surface area contributed by atoms with E-state index in [9.17, 15) is 0 Å². The first kappa shape index (κ1) is 38.4. The Bertz CT molecular complexity index is 163. The minimum atomic E-state index is 0. The maximum Gasteiger partial charge on any atom is 1.00 e. The van der Waals surface area contributed by atoms with Crippen LogP contribution in [0.15, 0.2) is 0 Å². The van der Waals surface area contributed by atoms with Gasteiger partial charge in [0.15, 0.2) is 0 Å². The standard InChI is InChI=1S/4CHNO.Au.Na/c4*2-1-3;;/h4*3H;;/q;;;;;+1/p-1. The molecule has 3 N–H and O–H groups in total. The van der Waals surface area contributed by atoms with Crippen molar-refractivity contribution < 1.29 is 72.4 Å². The average molecular weight is 391 g/mol. The molecule has 0 rings (SSSR count). The summed E-state index contributed by atoms with van der Waals surface area (Å²) in [6.45, 7) is 0. The molecule has 10 heteroatoms. The molecule has 0 saturated carbocycles. The van der Waals surface area contributed by atoms with Crippen molar-refractivity contribution in [2.24, 2.45) is 0 Å². The number of aliphatic hydroxyl groups is 3. The maximum absolute atomic E-state index is 8.24. The molecule has 0 fully saturated rings. The number of rotatable bonds is 0. The molecule has 0 atom stereocenters. The molecule has 14 heavy (non-hydrogen) atoms. The van der Waals surface area contributed by atoms with E-state index in [0.717, 1.165) is 18.8 Å². The molecule has 0 bridgehead atoms. The van der Waals surface area contributed by atoms with Gasteiger partial charge in [0, 0.05) is 28.6 Å². The summed E-state index contributed by atoms with van der Waals surface area (Å²) in [5, 5.41) is 56.2. The Balaban J connectivity index is -0.0000000145. The van der Waals surface area contributed by atoms with Crippen LogP contribution in [0.3, 0.4) is 0 Å². The van der Waals surface area contributed by atoms with Crippen LogP contribution in [0, 0.1) is 46.1 Å². The van der Waals surface area contributed by atoms with Crippen molar-refractivity contribution in [1.29, 1.82) is 21.0 Å². The molecule has 8 nitrogen and oxygen atoms in total. The van der Waals surface area contributed by atoms with Crippen LogP contribution in [0.5, 0.6) is 0 Å². The Labute approximate surface area is 118 Å². The minimum Gasteiger partial charge on any atom is -0.812 e. The Hall–Kier alpha value is -1.10. The van der Waals surface area contributed by atoms with Gasteiger partial charge in [0.2, 0.25) is 0 Å². The zero-order valence-electron chi connectivity index (χ0n) is 6.84. The molecule has 0 unspecified atom stereocenters. The first-order valence-corrected chi connectivity index (χ1v) is 1.77. The summed E-state index contributed by atoms with van der Waals surface area (Å²) in [7, 11) is 0. The Morgan fingerprint density at radius 3 is 0.786 bits per heavy atom. The zero-order valence-corrected chi connectivity index (χ0v) is 11.0. The third-order valence-electron chi connectivity index (χ3n) is 0. The van der Waals surface area contributed by atoms with Crippen LogP contribution in [0.4, 0.5) is 0 Å². The molecular weight excluding hydrogens is 388 g/mol. The minimum absolute atomic E-state index is 0. The number of hydrogen-bond donors (Lipinski definition) is 3. The summed E-state index contributed by atoms with van der Waals surface area (Å²) in [4.78, 5) is 0. The van der Waals surface area contributed by atoms with Crippen LogP contribution in [0.1, 0.15) is 0 Å². The Morgan fingerprint density at radius 2 is 0.786 bits per heavy atom. The van der Waals surface area contributed by atoms with E-state index >= 15 is 0 Å². The van der Waals surface area contributed by atoms with Gasteiger partial charge < -0.3 is 20.4 Å². The van der Waals surface area contributed by atoms with Crippen LogP contribution < -0.4 is 34.7 Å². The molecule has 0 aromatic heterocycles. The Morgan fingerprint density at radius 1 is 0.786 bits per heavy atom. The third-order valence-corrected chi connectivity index (χ3v) is 0. The smallest absolute Gasteiger partial charge is 0.812 e. The van der Waals surface area contributed by atoms with Crippen molar-refractivity contribution in [3.63, 3.8) is 0 Å². The molecule has 0 aliphatic rings. The number of nitriles is 4. The number of aliphatic hydroxyl groups excluding tert-OH is 3. The third kappa shape index (κ3) is 883. The molecule has 75 valence electrons. The molecule has 1 radical (unpaired) electrons. The van der Waals surface area contributed by atoms with Crippen LogP contribution in [0.2, 0.25) is 0 Å². The van der Waals surface area contributed by atoms with Gasteiger partial charge in [-0.05, 0) is 0 Å². The SMILES string of the molecule is N#CO.N#CO.N#CO.N#C[O-].[Au].[Na+].